The Morgan fingerprint density at radius 3 is 2.52 bits per heavy atom. The van der Waals surface area contributed by atoms with E-state index in [9.17, 15) is 9.18 Å². The van der Waals surface area contributed by atoms with Crippen molar-refractivity contribution in [1.82, 2.24) is 0 Å². The highest BCUT2D eigenvalue weighted by Crippen LogP contribution is 2.29. The van der Waals surface area contributed by atoms with Crippen molar-refractivity contribution in [3.8, 4) is 16.9 Å². The molecule has 0 unspecified atom stereocenters. The summed E-state index contributed by atoms with van der Waals surface area (Å²) in [5.74, 6) is -0.443. The number of halogens is 2. The predicted molar refractivity (Wildman–Crippen MR) is 97.4 cm³/mol. The topological polar surface area (TPSA) is 38.3 Å². The molecule has 1 N–H and O–H groups in total. The van der Waals surface area contributed by atoms with Crippen LogP contribution < -0.4 is 10.1 Å². The van der Waals surface area contributed by atoms with Gasteiger partial charge in [0, 0.05) is 10.6 Å². The molecule has 0 aliphatic heterocycles. The van der Waals surface area contributed by atoms with Gasteiger partial charge in [0.05, 0.1) is 5.69 Å². The fourth-order valence-corrected chi connectivity index (χ4v) is 2.54. The summed E-state index contributed by atoms with van der Waals surface area (Å²) in [6, 6.07) is 21.1. The van der Waals surface area contributed by atoms with Crippen LogP contribution in [0.3, 0.4) is 0 Å². The summed E-state index contributed by atoms with van der Waals surface area (Å²) in [6.45, 7) is -0.240. The summed E-state index contributed by atoms with van der Waals surface area (Å²) in [6.07, 6.45) is 0. The second-order valence-electron chi connectivity index (χ2n) is 5.32. The van der Waals surface area contributed by atoms with Crippen molar-refractivity contribution in [1.29, 1.82) is 0 Å². The smallest absolute Gasteiger partial charge is 0.262 e. The molecule has 0 aliphatic rings. The molecule has 5 heteroatoms. The Hall–Kier alpha value is -2.85. The van der Waals surface area contributed by atoms with Gasteiger partial charge in [0.25, 0.3) is 5.91 Å². The molecule has 3 nitrogen and oxygen atoms in total. The molecule has 0 atom stereocenters. The lowest BCUT2D eigenvalue weighted by molar-refractivity contribution is -0.118. The number of anilines is 1. The normalized spacial score (nSPS) is 10.3. The van der Waals surface area contributed by atoms with Crippen molar-refractivity contribution in [2.75, 3.05) is 11.9 Å². The third-order valence-corrected chi connectivity index (χ3v) is 3.77. The van der Waals surface area contributed by atoms with Gasteiger partial charge in [-0.25, -0.2) is 4.39 Å². The summed E-state index contributed by atoms with van der Waals surface area (Å²) in [5.41, 5.74) is 1.89. The lowest BCUT2D eigenvalue weighted by Crippen LogP contribution is -2.21. The van der Waals surface area contributed by atoms with Crippen LogP contribution in [0.15, 0.2) is 72.8 Å². The minimum Gasteiger partial charge on any atom is -0.483 e. The Bertz CT molecular complexity index is 884. The first-order chi connectivity index (χ1) is 12.1. The Morgan fingerprint density at radius 1 is 1.00 bits per heavy atom. The lowest BCUT2D eigenvalue weighted by atomic mass is 10.1. The number of hydrogen-bond donors (Lipinski definition) is 1. The van der Waals surface area contributed by atoms with Crippen LogP contribution in [0.25, 0.3) is 11.1 Å². The van der Waals surface area contributed by atoms with Gasteiger partial charge in [-0.15, -0.1) is 0 Å². The van der Waals surface area contributed by atoms with Crippen molar-refractivity contribution in [3.63, 3.8) is 0 Å². The first kappa shape index (κ1) is 17.0. The van der Waals surface area contributed by atoms with Crippen LogP contribution in [-0.2, 0) is 4.79 Å². The molecule has 1 amide bonds. The maximum absolute atomic E-state index is 13.7. The van der Waals surface area contributed by atoms with Crippen LogP contribution in [0.4, 0.5) is 10.1 Å². The highest BCUT2D eigenvalue weighted by molar-refractivity contribution is 6.30. The van der Waals surface area contributed by atoms with E-state index in [4.69, 9.17) is 16.3 Å². The van der Waals surface area contributed by atoms with Crippen LogP contribution in [0.1, 0.15) is 0 Å². The van der Waals surface area contributed by atoms with Crippen molar-refractivity contribution in [3.05, 3.63) is 83.6 Å². The van der Waals surface area contributed by atoms with Gasteiger partial charge in [-0.2, -0.15) is 0 Å². The molecule has 25 heavy (non-hydrogen) atoms. The largest absolute Gasteiger partial charge is 0.483 e. The third kappa shape index (κ3) is 4.37. The zero-order valence-electron chi connectivity index (χ0n) is 13.2. The maximum atomic E-state index is 13.7. The average molecular weight is 356 g/mol. The quantitative estimate of drug-likeness (QED) is 0.686. The molecule has 0 heterocycles. The van der Waals surface area contributed by atoms with E-state index in [1.54, 1.807) is 6.07 Å². The Morgan fingerprint density at radius 2 is 1.72 bits per heavy atom. The second kappa shape index (κ2) is 7.81. The second-order valence-corrected chi connectivity index (χ2v) is 5.76. The monoisotopic (exact) mass is 355 g/mol. The van der Waals surface area contributed by atoms with Crippen LogP contribution in [0, 0.1) is 5.82 Å². The number of para-hydroxylation sites is 1. The summed E-state index contributed by atoms with van der Waals surface area (Å²) >= 11 is 5.81. The number of nitrogens with one attached hydrogen (secondary N) is 1. The molecule has 3 aromatic rings. The molecule has 0 fully saturated rings. The van der Waals surface area contributed by atoms with Gasteiger partial charge < -0.3 is 10.1 Å². The van der Waals surface area contributed by atoms with Crippen molar-refractivity contribution >= 4 is 23.2 Å². The summed E-state index contributed by atoms with van der Waals surface area (Å²) in [7, 11) is 0. The predicted octanol–water partition coefficient (Wildman–Crippen LogP) is 5.16. The number of amides is 1. The molecular weight excluding hydrogens is 341 g/mol. The van der Waals surface area contributed by atoms with E-state index in [1.807, 2.05) is 48.5 Å². The van der Waals surface area contributed by atoms with Gasteiger partial charge in [0.1, 0.15) is 11.6 Å². The zero-order valence-corrected chi connectivity index (χ0v) is 14.0. The fourth-order valence-electron chi connectivity index (χ4n) is 2.37. The zero-order chi connectivity index (χ0) is 17.6. The van der Waals surface area contributed by atoms with E-state index in [-0.39, 0.29) is 12.3 Å². The molecule has 3 aromatic carbocycles. The highest BCUT2D eigenvalue weighted by Gasteiger charge is 2.10. The van der Waals surface area contributed by atoms with Gasteiger partial charge in [-0.05, 0) is 29.8 Å². The third-order valence-electron chi connectivity index (χ3n) is 3.53. The number of carbonyl (C=O) groups is 1. The lowest BCUT2D eigenvalue weighted by Gasteiger charge is -2.12. The number of hydrogen-bond acceptors (Lipinski definition) is 2. The van der Waals surface area contributed by atoms with Gasteiger partial charge in [0.15, 0.2) is 6.61 Å². The molecule has 0 radical (unpaired) electrons. The summed E-state index contributed by atoms with van der Waals surface area (Å²) in [4.78, 5) is 12.1. The standard InChI is InChI=1S/C20H15ClFNO2/c21-15-10-11-17(22)18(12-15)23-20(24)13-25-19-9-5-4-8-16(19)14-6-2-1-3-7-14/h1-12H,13H2,(H,23,24). The van der Waals surface area contributed by atoms with Crippen molar-refractivity contribution in [2.45, 2.75) is 0 Å². The fraction of sp³-hybridized carbons (Fsp3) is 0.0500. The Labute approximate surface area is 150 Å². The number of carbonyl (C=O) groups excluding carboxylic acids is 1. The minimum atomic E-state index is -0.553. The molecule has 0 spiro atoms. The molecule has 126 valence electrons. The Kier molecular flexibility index (Phi) is 5.31. The first-order valence-electron chi connectivity index (χ1n) is 7.65. The van der Waals surface area contributed by atoms with E-state index in [0.717, 1.165) is 11.1 Å². The SMILES string of the molecule is O=C(COc1ccccc1-c1ccccc1)Nc1cc(Cl)ccc1F. The van der Waals surface area contributed by atoms with Gasteiger partial charge >= 0.3 is 0 Å². The van der Waals surface area contributed by atoms with Crippen LogP contribution >= 0.6 is 11.6 Å². The molecule has 3 rings (SSSR count). The molecule has 0 saturated carbocycles. The maximum Gasteiger partial charge on any atom is 0.262 e. The number of benzene rings is 3. The molecule has 0 bridgehead atoms. The van der Waals surface area contributed by atoms with Crippen molar-refractivity contribution < 1.29 is 13.9 Å². The first-order valence-corrected chi connectivity index (χ1v) is 8.03. The van der Waals surface area contributed by atoms with E-state index < -0.39 is 11.7 Å². The Balaban J connectivity index is 1.70. The molecule has 0 saturated heterocycles. The molecule has 0 aromatic heterocycles. The summed E-state index contributed by atoms with van der Waals surface area (Å²) in [5, 5.41) is 2.80. The number of rotatable bonds is 5. The minimum absolute atomic E-state index is 0.0254. The van der Waals surface area contributed by atoms with Gasteiger partial charge in [0.2, 0.25) is 0 Å². The van der Waals surface area contributed by atoms with E-state index >= 15 is 0 Å². The summed E-state index contributed by atoms with van der Waals surface area (Å²) < 4.78 is 19.3. The van der Waals surface area contributed by atoms with Crippen LogP contribution in [0.5, 0.6) is 5.75 Å². The van der Waals surface area contributed by atoms with Crippen molar-refractivity contribution in [2.24, 2.45) is 0 Å². The van der Waals surface area contributed by atoms with Crippen LogP contribution in [0.2, 0.25) is 5.02 Å². The average Bonchev–Trinajstić information content (AvgIpc) is 2.64. The van der Waals surface area contributed by atoms with Crippen LogP contribution in [-0.4, -0.2) is 12.5 Å². The van der Waals surface area contributed by atoms with E-state index in [0.29, 0.717) is 10.8 Å². The molecule has 0 aliphatic carbocycles. The van der Waals surface area contributed by atoms with Gasteiger partial charge in [-0.3, -0.25) is 4.79 Å². The van der Waals surface area contributed by atoms with E-state index in [2.05, 4.69) is 5.32 Å². The highest BCUT2D eigenvalue weighted by atomic mass is 35.5. The van der Waals surface area contributed by atoms with Gasteiger partial charge in [-0.1, -0.05) is 60.1 Å². The number of ether oxygens (including phenoxy) is 1. The molecular formula is C20H15ClFNO2. The van der Waals surface area contributed by atoms with E-state index in [1.165, 1.54) is 18.2 Å².